The molecule has 0 atom stereocenters. The number of nitrogens with two attached hydrogens (primary N) is 1. The van der Waals surface area contributed by atoms with Crippen LogP contribution in [0.25, 0.3) is 0 Å². The zero-order valence-corrected chi connectivity index (χ0v) is 13.1. The van der Waals surface area contributed by atoms with Crippen LogP contribution in [0.5, 0.6) is 5.88 Å². The minimum Gasteiger partial charge on any atom is -0.481 e. The highest BCUT2D eigenvalue weighted by Crippen LogP contribution is 2.21. The van der Waals surface area contributed by atoms with Gasteiger partial charge in [-0.1, -0.05) is 12.2 Å². The van der Waals surface area contributed by atoms with E-state index in [0.29, 0.717) is 17.4 Å². The summed E-state index contributed by atoms with van der Waals surface area (Å²) in [5.74, 6) is 0.589. The molecule has 0 unspecified atom stereocenters. The molecule has 0 saturated carbocycles. The first kappa shape index (κ1) is 15.2. The number of hydrogen-bond donors (Lipinski definition) is 2. The van der Waals surface area contributed by atoms with Crippen molar-refractivity contribution in [3.05, 3.63) is 46.9 Å². The summed E-state index contributed by atoms with van der Waals surface area (Å²) in [6.07, 6.45) is 1.72. The molecule has 5 nitrogen and oxygen atoms in total. The van der Waals surface area contributed by atoms with Gasteiger partial charge in [-0.05, 0) is 31.5 Å². The Morgan fingerprint density at radius 1 is 1.38 bits per heavy atom. The van der Waals surface area contributed by atoms with Crippen LogP contribution >= 0.6 is 12.2 Å². The molecule has 0 aliphatic carbocycles. The SMILES string of the molecule is COc1cc(CNc2cc(C)nc(C)c2C(N)=S)ccn1. The van der Waals surface area contributed by atoms with E-state index < -0.39 is 0 Å². The van der Waals surface area contributed by atoms with E-state index in [4.69, 9.17) is 22.7 Å². The molecule has 3 N–H and O–H groups in total. The number of ether oxygens (including phenoxy) is 1. The monoisotopic (exact) mass is 302 g/mol. The fraction of sp³-hybridized carbons (Fsp3) is 0.267. The maximum absolute atomic E-state index is 5.80. The highest BCUT2D eigenvalue weighted by molar-refractivity contribution is 7.80. The molecule has 0 aliphatic heterocycles. The molecular weight excluding hydrogens is 284 g/mol. The van der Waals surface area contributed by atoms with E-state index >= 15 is 0 Å². The minimum atomic E-state index is 0.342. The standard InChI is InChI=1S/C15H18N4OS/c1-9-6-12(14(15(16)21)10(2)19-9)18-8-11-4-5-17-13(7-11)20-3/h4-7H,8H2,1-3H3,(H2,16,21)(H,18,19). The summed E-state index contributed by atoms with van der Waals surface area (Å²) in [7, 11) is 1.60. The van der Waals surface area contributed by atoms with E-state index in [1.165, 1.54) is 0 Å². The summed E-state index contributed by atoms with van der Waals surface area (Å²) in [5, 5.41) is 3.35. The molecule has 21 heavy (non-hydrogen) atoms. The summed E-state index contributed by atoms with van der Waals surface area (Å²) in [4.78, 5) is 8.83. The minimum absolute atomic E-state index is 0.342. The van der Waals surface area contributed by atoms with Gasteiger partial charge in [0.15, 0.2) is 0 Å². The highest BCUT2D eigenvalue weighted by atomic mass is 32.1. The second kappa shape index (κ2) is 6.49. The molecule has 2 heterocycles. The van der Waals surface area contributed by atoms with Gasteiger partial charge in [0.05, 0.1) is 12.7 Å². The molecule has 0 aliphatic rings. The predicted octanol–water partition coefficient (Wildman–Crippen LogP) is 2.35. The van der Waals surface area contributed by atoms with E-state index in [0.717, 1.165) is 28.2 Å². The zero-order chi connectivity index (χ0) is 15.4. The molecule has 0 radical (unpaired) electrons. The van der Waals surface area contributed by atoms with Crippen LogP contribution in [0.1, 0.15) is 22.5 Å². The predicted molar refractivity (Wildman–Crippen MR) is 87.7 cm³/mol. The normalized spacial score (nSPS) is 10.2. The average Bonchev–Trinajstić information content (AvgIpc) is 2.44. The summed E-state index contributed by atoms with van der Waals surface area (Å²) >= 11 is 5.12. The van der Waals surface area contributed by atoms with Gasteiger partial charge in [-0.15, -0.1) is 0 Å². The van der Waals surface area contributed by atoms with Crippen LogP contribution in [0, 0.1) is 13.8 Å². The third-order valence-corrected chi connectivity index (χ3v) is 3.27. The molecule has 0 spiro atoms. The second-order valence-electron chi connectivity index (χ2n) is 4.70. The Hall–Kier alpha value is -2.21. The van der Waals surface area contributed by atoms with E-state index in [1.807, 2.05) is 32.0 Å². The first-order valence-electron chi connectivity index (χ1n) is 6.52. The summed E-state index contributed by atoms with van der Waals surface area (Å²) in [6, 6.07) is 5.76. The van der Waals surface area contributed by atoms with Gasteiger partial charge in [0.25, 0.3) is 0 Å². The van der Waals surface area contributed by atoms with Crippen LogP contribution in [-0.4, -0.2) is 22.1 Å². The van der Waals surface area contributed by atoms with Crippen LogP contribution in [0.2, 0.25) is 0 Å². The second-order valence-corrected chi connectivity index (χ2v) is 5.14. The number of hydrogen-bond acceptors (Lipinski definition) is 5. The molecule has 0 saturated heterocycles. The third kappa shape index (κ3) is 3.66. The fourth-order valence-corrected chi connectivity index (χ4v) is 2.41. The number of pyridine rings is 2. The van der Waals surface area contributed by atoms with Crippen molar-refractivity contribution < 1.29 is 4.74 Å². The number of nitrogens with zero attached hydrogens (tertiary/aromatic N) is 2. The van der Waals surface area contributed by atoms with Crippen molar-refractivity contribution in [1.29, 1.82) is 0 Å². The van der Waals surface area contributed by atoms with Crippen molar-refractivity contribution in [3.8, 4) is 5.88 Å². The lowest BCUT2D eigenvalue weighted by Crippen LogP contribution is -2.16. The van der Waals surface area contributed by atoms with Gasteiger partial charge in [0, 0.05) is 35.9 Å². The maximum Gasteiger partial charge on any atom is 0.213 e. The molecule has 110 valence electrons. The Balaban J connectivity index is 2.25. The van der Waals surface area contributed by atoms with Gasteiger partial charge in [0.2, 0.25) is 5.88 Å². The van der Waals surface area contributed by atoms with Crippen LogP contribution < -0.4 is 15.8 Å². The molecule has 2 aromatic rings. The largest absolute Gasteiger partial charge is 0.481 e. The number of aromatic nitrogens is 2. The number of nitrogens with one attached hydrogen (secondary N) is 1. The number of aryl methyl sites for hydroxylation is 2. The van der Waals surface area contributed by atoms with E-state index in [1.54, 1.807) is 13.3 Å². The summed E-state index contributed by atoms with van der Waals surface area (Å²) in [5.41, 5.74) is 10.3. The highest BCUT2D eigenvalue weighted by Gasteiger charge is 2.11. The van der Waals surface area contributed by atoms with Crippen LogP contribution in [0.3, 0.4) is 0 Å². The number of anilines is 1. The fourth-order valence-electron chi connectivity index (χ4n) is 2.15. The number of thiocarbonyl (C=S) groups is 1. The molecular formula is C15H18N4OS. The molecule has 0 aromatic carbocycles. The van der Waals surface area contributed by atoms with Crippen LogP contribution in [0.4, 0.5) is 5.69 Å². The zero-order valence-electron chi connectivity index (χ0n) is 12.3. The van der Waals surface area contributed by atoms with Crippen molar-refractivity contribution in [2.75, 3.05) is 12.4 Å². The van der Waals surface area contributed by atoms with E-state index in [-0.39, 0.29) is 0 Å². The lowest BCUT2D eigenvalue weighted by atomic mass is 10.1. The van der Waals surface area contributed by atoms with E-state index in [2.05, 4.69) is 15.3 Å². The molecule has 2 rings (SSSR count). The third-order valence-electron chi connectivity index (χ3n) is 3.07. The van der Waals surface area contributed by atoms with E-state index in [9.17, 15) is 0 Å². The Bertz CT molecular complexity index is 673. The summed E-state index contributed by atoms with van der Waals surface area (Å²) < 4.78 is 5.12. The van der Waals surface area contributed by atoms with Crippen LogP contribution in [0.15, 0.2) is 24.4 Å². The smallest absolute Gasteiger partial charge is 0.213 e. The van der Waals surface area contributed by atoms with Gasteiger partial charge in [-0.2, -0.15) is 0 Å². The molecule has 2 aromatic heterocycles. The number of rotatable bonds is 5. The molecule has 0 amide bonds. The van der Waals surface area contributed by atoms with Crippen molar-refractivity contribution in [3.63, 3.8) is 0 Å². The quantitative estimate of drug-likeness (QED) is 0.826. The van der Waals surface area contributed by atoms with Gasteiger partial charge in [0.1, 0.15) is 4.99 Å². The first-order chi connectivity index (χ1) is 10.0. The lowest BCUT2D eigenvalue weighted by Gasteiger charge is -2.14. The van der Waals surface area contributed by atoms with Gasteiger partial charge >= 0.3 is 0 Å². The molecule has 0 bridgehead atoms. The Kier molecular flexibility index (Phi) is 4.70. The summed E-state index contributed by atoms with van der Waals surface area (Å²) in [6.45, 7) is 4.47. The average molecular weight is 302 g/mol. The lowest BCUT2D eigenvalue weighted by molar-refractivity contribution is 0.397. The molecule has 0 fully saturated rings. The Labute approximate surface area is 129 Å². The Morgan fingerprint density at radius 2 is 2.14 bits per heavy atom. The Morgan fingerprint density at radius 3 is 2.81 bits per heavy atom. The maximum atomic E-state index is 5.80. The van der Waals surface area contributed by atoms with Crippen molar-refractivity contribution in [2.45, 2.75) is 20.4 Å². The first-order valence-corrected chi connectivity index (χ1v) is 6.93. The number of methoxy groups -OCH3 is 1. The van der Waals surface area contributed by atoms with Gasteiger partial charge in [-0.25, -0.2) is 4.98 Å². The topological polar surface area (TPSA) is 73.1 Å². The molecule has 6 heteroatoms. The van der Waals surface area contributed by atoms with Gasteiger partial charge in [-0.3, -0.25) is 4.98 Å². The van der Waals surface area contributed by atoms with Gasteiger partial charge < -0.3 is 15.8 Å². The van der Waals surface area contributed by atoms with Crippen molar-refractivity contribution >= 4 is 22.9 Å². The van der Waals surface area contributed by atoms with Crippen LogP contribution in [-0.2, 0) is 6.54 Å². The van der Waals surface area contributed by atoms with Crippen molar-refractivity contribution in [2.24, 2.45) is 5.73 Å². The van der Waals surface area contributed by atoms with Crippen molar-refractivity contribution in [1.82, 2.24) is 9.97 Å².